The number of aryl methyl sites for hydroxylation is 2. The minimum atomic E-state index is -0.664. The number of rotatable bonds is 5. The SMILES string of the molecule is CCc1c(C(=O)c2cc(C)cc(C)n2)n(Cc2ccnc(Cl)c2)c(=O)[nH]c1=O. The van der Waals surface area contributed by atoms with Crippen molar-refractivity contribution in [1.82, 2.24) is 19.5 Å². The van der Waals surface area contributed by atoms with E-state index in [9.17, 15) is 14.4 Å². The molecule has 144 valence electrons. The van der Waals surface area contributed by atoms with Gasteiger partial charge < -0.3 is 0 Å². The Bertz CT molecular complexity index is 1160. The molecule has 7 nitrogen and oxygen atoms in total. The van der Waals surface area contributed by atoms with Gasteiger partial charge in [0.2, 0.25) is 5.78 Å². The Balaban J connectivity index is 2.24. The molecule has 0 saturated heterocycles. The maximum Gasteiger partial charge on any atom is 0.329 e. The van der Waals surface area contributed by atoms with E-state index >= 15 is 0 Å². The molecule has 0 bridgehead atoms. The van der Waals surface area contributed by atoms with Gasteiger partial charge >= 0.3 is 5.69 Å². The van der Waals surface area contributed by atoms with Crippen molar-refractivity contribution in [2.24, 2.45) is 0 Å². The Morgan fingerprint density at radius 1 is 1.21 bits per heavy atom. The van der Waals surface area contributed by atoms with E-state index in [1.165, 1.54) is 10.8 Å². The van der Waals surface area contributed by atoms with E-state index in [1.807, 2.05) is 13.0 Å². The van der Waals surface area contributed by atoms with E-state index in [4.69, 9.17) is 11.6 Å². The summed E-state index contributed by atoms with van der Waals surface area (Å²) in [5.74, 6) is -0.466. The zero-order chi connectivity index (χ0) is 20.4. The van der Waals surface area contributed by atoms with Gasteiger partial charge in [0, 0.05) is 17.5 Å². The molecule has 8 heteroatoms. The molecular weight excluding hydrogens is 380 g/mol. The van der Waals surface area contributed by atoms with Crippen molar-refractivity contribution in [2.75, 3.05) is 0 Å². The average molecular weight is 399 g/mol. The number of H-pyrrole nitrogens is 1. The number of ketones is 1. The fourth-order valence-electron chi connectivity index (χ4n) is 3.15. The monoisotopic (exact) mass is 398 g/mol. The molecular formula is C20H19ClN4O3. The third-order valence-corrected chi connectivity index (χ3v) is 4.53. The third-order valence-electron chi connectivity index (χ3n) is 4.33. The minimum absolute atomic E-state index is 0.0432. The molecule has 0 amide bonds. The Kier molecular flexibility index (Phi) is 5.56. The standard InChI is InChI=1S/C20H19ClN4O3/c1-4-14-17(18(26)15-8-11(2)7-12(3)23-15)25(20(28)24-19(14)27)10-13-5-6-22-16(21)9-13/h5-9H,4,10H2,1-3H3,(H,24,27,28). The van der Waals surface area contributed by atoms with Crippen molar-refractivity contribution in [2.45, 2.75) is 33.7 Å². The molecule has 3 rings (SSSR count). The molecule has 0 unspecified atom stereocenters. The Morgan fingerprint density at radius 3 is 2.61 bits per heavy atom. The Hall–Kier alpha value is -3.06. The van der Waals surface area contributed by atoms with Crippen molar-refractivity contribution in [3.63, 3.8) is 0 Å². The van der Waals surface area contributed by atoms with Crippen LogP contribution in [0.1, 0.15) is 45.5 Å². The van der Waals surface area contributed by atoms with Gasteiger partial charge in [0.05, 0.1) is 6.54 Å². The number of aromatic amines is 1. The van der Waals surface area contributed by atoms with Crippen LogP contribution in [0.3, 0.4) is 0 Å². The number of carbonyl (C=O) groups is 1. The van der Waals surface area contributed by atoms with E-state index in [2.05, 4.69) is 15.0 Å². The van der Waals surface area contributed by atoms with E-state index in [1.54, 1.807) is 32.0 Å². The molecule has 0 aromatic carbocycles. The predicted octanol–water partition coefficient (Wildman–Crippen LogP) is 2.44. The van der Waals surface area contributed by atoms with Crippen LogP contribution >= 0.6 is 11.6 Å². The topological polar surface area (TPSA) is 97.7 Å². The molecule has 0 radical (unpaired) electrons. The molecule has 0 atom stereocenters. The van der Waals surface area contributed by atoms with Gasteiger partial charge in [0.25, 0.3) is 5.56 Å². The van der Waals surface area contributed by atoms with E-state index < -0.39 is 17.0 Å². The number of hydrogen-bond donors (Lipinski definition) is 1. The molecule has 0 aliphatic carbocycles. The number of nitrogens with one attached hydrogen (secondary N) is 1. The van der Waals surface area contributed by atoms with Gasteiger partial charge in [-0.05, 0) is 55.7 Å². The number of aromatic nitrogens is 4. The molecule has 3 aromatic rings. The van der Waals surface area contributed by atoms with Crippen LogP contribution < -0.4 is 11.2 Å². The molecule has 0 aliphatic heterocycles. The fraction of sp³-hybridized carbons (Fsp3) is 0.250. The number of halogens is 1. The first-order valence-corrected chi connectivity index (χ1v) is 9.14. The van der Waals surface area contributed by atoms with Crippen molar-refractivity contribution < 1.29 is 4.79 Å². The number of nitrogens with zero attached hydrogens (tertiary/aromatic N) is 3. The second-order valence-electron chi connectivity index (χ2n) is 6.51. The van der Waals surface area contributed by atoms with Crippen LogP contribution in [0.15, 0.2) is 40.1 Å². The lowest BCUT2D eigenvalue weighted by Gasteiger charge is -2.15. The van der Waals surface area contributed by atoms with Crippen LogP contribution in [0, 0.1) is 13.8 Å². The summed E-state index contributed by atoms with van der Waals surface area (Å²) in [6.07, 6.45) is 1.81. The lowest BCUT2D eigenvalue weighted by Crippen LogP contribution is -2.37. The zero-order valence-corrected chi connectivity index (χ0v) is 16.5. The molecule has 0 saturated carbocycles. The van der Waals surface area contributed by atoms with Gasteiger partial charge in [-0.25, -0.2) is 14.8 Å². The van der Waals surface area contributed by atoms with Gasteiger partial charge in [0.1, 0.15) is 16.5 Å². The van der Waals surface area contributed by atoms with Crippen LogP contribution in [-0.4, -0.2) is 25.3 Å². The highest BCUT2D eigenvalue weighted by atomic mass is 35.5. The van der Waals surface area contributed by atoms with Crippen LogP contribution in [0.2, 0.25) is 5.15 Å². The smallest absolute Gasteiger partial charge is 0.285 e. The summed E-state index contributed by atoms with van der Waals surface area (Å²) in [6, 6.07) is 6.79. The number of carbonyl (C=O) groups excluding carboxylic acids is 1. The second kappa shape index (κ2) is 7.90. The van der Waals surface area contributed by atoms with Crippen LogP contribution in [0.5, 0.6) is 0 Å². The molecule has 0 fully saturated rings. The maximum absolute atomic E-state index is 13.3. The quantitative estimate of drug-likeness (QED) is 0.525. The van der Waals surface area contributed by atoms with Gasteiger partial charge in [-0.2, -0.15) is 0 Å². The molecule has 3 aromatic heterocycles. The van der Waals surface area contributed by atoms with Crippen molar-refractivity contribution >= 4 is 17.4 Å². The highest BCUT2D eigenvalue weighted by molar-refractivity contribution is 6.29. The summed E-state index contributed by atoms with van der Waals surface area (Å²) >= 11 is 5.93. The molecule has 0 spiro atoms. The van der Waals surface area contributed by atoms with E-state index in [-0.39, 0.29) is 28.6 Å². The third kappa shape index (κ3) is 3.94. The second-order valence-corrected chi connectivity index (χ2v) is 6.90. The van der Waals surface area contributed by atoms with Gasteiger partial charge in [0.15, 0.2) is 0 Å². The van der Waals surface area contributed by atoms with Crippen molar-refractivity contribution in [1.29, 1.82) is 0 Å². The van der Waals surface area contributed by atoms with Crippen molar-refractivity contribution in [3.05, 3.63) is 90.2 Å². The molecule has 28 heavy (non-hydrogen) atoms. The van der Waals surface area contributed by atoms with Crippen LogP contribution in [-0.2, 0) is 13.0 Å². The largest absolute Gasteiger partial charge is 0.329 e. The van der Waals surface area contributed by atoms with Gasteiger partial charge in [-0.3, -0.25) is 19.1 Å². The lowest BCUT2D eigenvalue weighted by molar-refractivity contribution is 0.102. The van der Waals surface area contributed by atoms with Crippen molar-refractivity contribution in [3.8, 4) is 0 Å². The van der Waals surface area contributed by atoms with E-state index in [0.717, 1.165) is 5.56 Å². The highest BCUT2D eigenvalue weighted by Crippen LogP contribution is 2.15. The summed E-state index contributed by atoms with van der Waals surface area (Å²) in [5.41, 5.74) is 1.48. The van der Waals surface area contributed by atoms with Crippen LogP contribution in [0.4, 0.5) is 0 Å². The Labute approximate surface area is 166 Å². The summed E-state index contributed by atoms with van der Waals surface area (Å²) in [6.45, 7) is 5.47. The summed E-state index contributed by atoms with van der Waals surface area (Å²) in [4.78, 5) is 48.7. The van der Waals surface area contributed by atoms with Gasteiger partial charge in [-0.1, -0.05) is 18.5 Å². The summed E-state index contributed by atoms with van der Waals surface area (Å²) in [7, 11) is 0. The fourth-order valence-corrected chi connectivity index (χ4v) is 3.35. The number of pyridine rings is 2. The normalized spacial score (nSPS) is 10.9. The minimum Gasteiger partial charge on any atom is -0.285 e. The first-order valence-electron chi connectivity index (χ1n) is 8.76. The maximum atomic E-state index is 13.3. The van der Waals surface area contributed by atoms with E-state index in [0.29, 0.717) is 17.7 Å². The first-order chi connectivity index (χ1) is 13.3. The number of hydrogen-bond acceptors (Lipinski definition) is 5. The predicted molar refractivity (Wildman–Crippen MR) is 106 cm³/mol. The summed E-state index contributed by atoms with van der Waals surface area (Å²) < 4.78 is 1.26. The molecule has 3 heterocycles. The zero-order valence-electron chi connectivity index (χ0n) is 15.7. The molecule has 1 N–H and O–H groups in total. The summed E-state index contributed by atoms with van der Waals surface area (Å²) in [5, 5.41) is 0.273. The molecule has 0 aliphatic rings. The van der Waals surface area contributed by atoms with Crippen LogP contribution in [0.25, 0.3) is 0 Å². The first kappa shape index (κ1) is 19.7. The average Bonchev–Trinajstić information content (AvgIpc) is 2.62. The highest BCUT2D eigenvalue weighted by Gasteiger charge is 2.23. The Morgan fingerprint density at radius 2 is 1.96 bits per heavy atom. The lowest BCUT2D eigenvalue weighted by atomic mass is 10.0. The van der Waals surface area contributed by atoms with Gasteiger partial charge in [-0.15, -0.1) is 0 Å².